The summed E-state index contributed by atoms with van der Waals surface area (Å²) in [6.45, 7) is -0.239. The van der Waals surface area contributed by atoms with Gasteiger partial charge in [0.1, 0.15) is 23.7 Å². The second kappa shape index (κ2) is 9.14. The standard InChI is InChI=1S/C20H14F4N2O4S/c1-29-18-16(23)14(21)13(15(22)17(18)24)19(28)26-20(31)25-10-4-2-9(3-5-10)12-7-6-11(8-27)30-12/h2-7,27H,8H2,1H3,(H2,25,26,28,31). The lowest BCUT2D eigenvalue weighted by Crippen LogP contribution is -2.35. The summed E-state index contributed by atoms with van der Waals surface area (Å²) in [6.07, 6.45) is 0. The molecule has 0 saturated carbocycles. The molecule has 0 aliphatic carbocycles. The molecule has 0 aliphatic heterocycles. The van der Waals surface area contributed by atoms with Crippen LogP contribution in [0.3, 0.4) is 0 Å². The summed E-state index contributed by atoms with van der Waals surface area (Å²) in [5.41, 5.74) is -0.391. The SMILES string of the molecule is COc1c(F)c(F)c(C(=O)NC(=S)Nc2ccc(-c3ccc(CO)o3)cc2)c(F)c1F. The van der Waals surface area contributed by atoms with Gasteiger partial charge in [-0.2, -0.15) is 8.78 Å². The van der Waals surface area contributed by atoms with Crippen LogP contribution in [0.2, 0.25) is 0 Å². The van der Waals surface area contributed by atoms with Crippen molar-refractivity contribution in [2.75, 3.05) is 12.4 Å². The fourth-order valence-corrected chi connectivity index (χ4v) is 2.86. The molecule has 0 radical (unpaired) electrons. The molecule has 3 rings (SSSR count). The van der Waals surface area contributed by atoms with E-state index < -0.39 is 40.5 Å². The van der Waals surface area contributed by atoms with Gasteiger partial charge in [-0.1, -0.05) is 0 Å². The van der Waals surface area contributed by atoms with Gasteiger partial charge in [0.05, 0.1) is 7.11 Å². The number of thiocarbonyl (C=S) groups is 1. The van der Waals surface area contributed by atoms with E-state index in [4.69, 9.17) is 21.7 Å². The van der Waals surface area contributed by atoms with E-state index in [-0.39, 0.29) is 11.7 Å². The zero-order chi connectivity index (χ0) is 22.7. The van der Waals surface area contributed by atoms with Crippen LogP contribution in [0.15, 0.2) is 40.8 Å². The van der Waals surface area contributed by atoms with E-state index in [1.165, 1.54) is 0 Å². The predicted octanol–water partition coefficient (Wildman–Crippen LogP) is 4.13. The summed E-state index contributed by atoms with van der Waals surface area (Å²) < 4.78 is 65.3. The first-order valence-electron chi connectivity index (χ1n) is 8.59. The van der Waals surface area contributed by atoms with Crippen LogP contribution in [0.1, 0.15) is 16.1 Å². The summed E-state index contributed by atoms with van der Waals surface area (Å²) in [4.78, 5) is 12.1. The molecule has 0 atom stereocenters. The molecule has 0 spiro atoms. The van der Waals surface area contributed by atoms with Gasteiger partial charge >= 0.3 is 0 Å². The number of ether oxygens (including phenoxy) is 1. The summed E-state index contributed by atoms with van der Waals surface area (Å²) in [6, 6.07) is 9.75. The van der Waals surface area contributed by atoms with Crippen molar-refractivity contribution >= 4 is 28.9 Å². The molecule has 0 bridgehead atoms. The first-order valence-corrected chi connectivity index (χ1v) is 8.99. The molecule has 1 heterocycles. The molecule has 31 heavy (non-hydrogen) atoms. The highest BCUT2D eigenvalue weighted by Gasteiger charge is 2.30. The first kappa shape index (κ1) is 22.2. The number of nitrogens with one attached hydrogen (secondary N) is 2. The highest BCUT2D eigenvalue weighted by atomic mass is 32.1. The van der Waals surface area contributed by atoms with Crippen LogP contribution in [0.25, 0.3) is 11.3 Å². The topological polar surface area (TPSA) is 83.7 Å². The number of aliphatic hydroxyl groups excluding tert-OH is 1. The molecule has 6 nitrogen and oxygen atoms in total. The van der Waals surface area contributed by atoms with Crippen molar-refractivity contribution in [3.8, 4) is 17.1 Å². The van der Waals surface area contributed by atoms with Gasteiger partial charge < -0.3 is 19.6 Å². The molecule has 162 valence electrons. The van der Waals surface area contributed by atoms with E-state index in [1.807, 2.05) is 5.32 Å². The lowest BCUT2D eigenvalue weighted by molar-refractivity contribution is 0.0966. The minimum atomic E-state index is -1.92. The Hall–Kier alpha value is -3.44. The fourth-order valence-electron chi connectivity index (χ4n) is 2.65. The predicted molar refractivity (Wildman–Crippen MR) is 107 cm³/mol. The molecule has 1 amide bonds. The second-order valence-electron chi connectivity index (χ2n) is 6.07. The number of methoxy groups -OCH3 is 1. The normalized spacial score (nSPS) is 10.6. The van der Waals surface area contributed by atoms with E-state index in [9.17, 15) is 22.4 Å². The number of aliphatic hydroxyl groups is 1. The van der Waals surface area contributed by atoms with Gasteiger partial charge in [-0.05, 0) is 48.6 Å². The van der Waals surface area contributed by atoms with Crippen LogP contribution >= 0.6 is 12.2 Å². The van der Waals surface area contributed by atoms with Crippen LogP contribution in [0.5, 0.6) is 5.75 Å². The maximum absolute atomic E-state index is 14.0. The van der Waals surface area contributed by atoms with Crippen LogP contribution in [-0.4, -0.2) is 23.2 Å². The quantitative estimate of drug-likeness (QED) is 0.306. The van der Waals surface area contributed by atoms with Gasteiger partial charge in [0.2, 0.25) is 11.6 Å². The van der Waals surface area contributed by atoms with Crippen LogP contribution in [-0.2, 0) is 6.61 Å². The molecule has 1 aromatic heterocycles. The minimum absolute atomic E-state index is 0.239. The summed E-state index contributed by atoms with van der Waals surface area (Å²) >= 11 is 4.91. The van der Waals surface area contributed by atoms with E-state index in [2.05, 4.69) is 10.1 Å². The number of anilines is 1. The molecular weight excluding hydrogens is 440 g/mol. The summed E-state index contributed by atoms with van der Waals surface area (Å²) in [7, 11) is 0.821. The zero-order valence-corrected chi connectivity index (χ0v) is 16.6. The number of halogens is 4. The average molecular weight is 454 g/mol. The van der Waals surface area contributed by atoms with Crippen molar-refractivity contribution < 1.29 is 36.6 Å². The maximum atomic E-state index is 14.0. The molecule has 0 aliphatic rings. The van der Waals surface area contributed by atoms with E-state index in [0.717, 1.165) is 7.11 Å². The number of hydrogen-bond donors (Lipinski definition) is 3. The second-order valence-corrected chi connectivity index (χ2v) is 6.48. The smallest absolute Gasteiger partial charge is 0.263 e. The van der Waals surface area contributed by atoms with Crippen molar-refractivity contribution in [2.45, 2.75) is 6.61 Å². The third-order valence-corrected chi connectivity index (χ3v) is 4.33. The number of hydrogen-bond acceptors (Lipinski definition) is 5. The zero-order valence-electron chi connectivity index (χ0n) is 15.8. The highest BCUT2D eigenvalue weighted by Crippen LogP contribution is 2.29. The summed E-state index contributed by atoms with van der Waals surface area (Å²) in [5, 5.41) is 13.2. The van der Waals surface area contributed by atoms with E-state index >= 15 is 0 Å². The monoisotopic (exact) mass is 454 g/mol. The van der Waals surface area contributed by atoms with Crippen molar-refractivity contribution in [1.82, 2.24) is 5.32 Å². The number of benzene rings is 2. The molecular formula is C20H14F4N2O4S. The van der Waals surface area contributed by atoms with Crippen molar-refractivity contribution in [2.24, 2.45) is 0 Å². The van der Waals surface area contributed by atoms with E-state index in [1.54, 1.807) is 36.4 Å². The average Bonchev–Trinajstić information content (AvgIpc) is 3.23. The van der Waals surface area contributed by atoms with Crippen molar-refractivity contribution in [3.63, 3.8) is 0 Å². The first-order chi connectivity index (χ1) is 14.8. The molecule has 2 aromatic carbocycles. The van der Waals surface area contributed by atoms with Gasteiger partial charge in [0.25, 0.3) is 5.91 Å². The van der Waals surface area contributed by atoms with Gasteiger partial charge in [0.15, 0.2) is 22.5 Å². The Labute approximate surface area is 178 Å². The Bertz CT molecular complexity index is 1120. The number of carbonyl (C=O) groups is 1. The van der Waals surface area contributed by atoms with E-state index in [0.29, 0.717) is 22.8 Å². The number of rotatable bonds is 5. The maximum Gasteiger partial charge on any atom is 0.263 e. The molecule has 3 N–H and O–H groups in total. The molecule has 0 unspecified atom stereocenters. The molecule has 0 saturated heterocycles. The van der Waals surface area contributed by atoms with Crippen molar-refractivity contribution in [3.05, 3.63) is 71.0 Å². The minimum Gasteiger partial charge on any atom is -0.491 e. The lowest BCUT2D eigenvalue weighted by Gasteiger charge is -2.13. The number of furan rings is 1. The van der Waals surface area contributed by atoms with Crippen LogP contribution in [0, 0.1) is 23.3 Å². The lowest BCUT2D eigenvalue weighted by atomic mass is 10.1. The fraction of sp³-hybridized carbons (Fsp3) is 0.100. The van der Waals surface area contributed by atoms with Gasteiger partial charge in [-0.15, -0.1) is 0 Å². The third-order valence-electron chi connectivity index (χ3n) is 4.13. The largest absolute Gasteiger partial charge is 0.491 e. The Morgan fingerprint density at radius 1 is 1.03 bits per heavy atom. The van der Waals surface area contributed by atoms with Gasteiger partial charge in [-0.3, -0.25) is 10.1 Å². The molecule has 0 fully saturated rings. The highest BCUT2D eigenvalue weighted by molar-refractivity contribution is 7.80. The Morgan fingerprint density at radius 3 is 2.16 bits per heavy atom. The van der Waals surface area contributed by atoms with Crippen LogP contribution in [0.4, 0.5) is 23.2 Å². The summed E-state index contributed by atoms with van der Waals surface area (Å²) in [5.74, 6) is -9.38. The van der Waals surface area contributed by atoms with Crippen molar-refractivity contribution in [1.29, 1.82) is 0 Å². The molecule has 3 aromatic rings. The van der Waals surface area contributed by atoms with Gasteiger partial charge in [-0.25, -0.2) is 8.78 Å². The van der Waals surface area contributed by atoms with Crippen LogP contribution < -0.4 is 15.4 Å². The number of amides is 1. The van der Waals surface area contributed by atoms with Gasteiger partial charge in [0, 0.05) is 11.3 Å². The number of carbonyl (C=O) groups excluding carboxylic acids is 1. The Kier molecular flexibility index (Phi) is 6.56. The Morgan fingerprint density at radius 2 is 1.65 bits per heavy atom. The molecule has 11 heteroatoms. The third kappa shape index (κ3) is 4.52. The Balaban J connectivity index is 1.72.